The highest BCUT2D eigenvalue weighted by atomic mass is 35.5. The van der Waals surface area contributed by atoms with E-state index in [1.54, 1.807) is 0 Å². The van der Waals surface area contributed by atoms with Gasteiger partial charge in [-0.2, -0.15) is 0 Å². The van der Waals surface area contributed by atoms with Gasteiger partial charge in [0.1, 0.15) is 12.2 Å². The zero-order chi connectivity index (χ0) is 13.8. The first-order chi connectivity index (χ1) is 9.78. The van der Waals surface area contributed by atoms with Crippen LogP contribution in [0.25, 0.3) is 0 Å². The molecule has 0 bridgehead atoms. The number of nitrogens with zero attached hydrogens (tertiary/aromatic N) is 1. The molecule has 2 aromatic rings. The molecule has 2 aromatic carbocycles. The summed E-state index contributed by atoms with van der Waals surface area (Å²) in [7, 11) is 0. The predicted octanol–water partition coefficient (Wildman–Crippen LogP) is 3.45. The maximum absolute atomic E-state index is 6.20. The number of hydrogen-bond acceptors (Lipinski definition) is 1. The van der Waals surface area contributed by atoms with E-state index in [1.807, 2.05) is 6.07 Å². The fourth-order valence-corrected chi connectivity index (χ4v) is 3.22. The molecule has 1 N–H and O–H groups in total. The SMILES string of the molecule is Clc1cccc([N+]2(Cc3ccccc3)CCNCC2)c1. The number of rotatable bonds is 3. The molecule has 104 valence electrons. The van der Waals surface area contributed by atoms with Gasteiger partial charge in [-0.3, -0.25) is 4.48 Å². The van der Waals surface area contributed by atoms with Crippen molar-refractivity contribution in [3.8, 4) is 0 Å². The summed E-state index contributed by atoms with van der Waals surface area (Å²) in [5, 5.41) is 4.29. The first kappa shape index (κ1) is 13.6. The number of halogens is 1. The van der Waals surface area contributed by atoms with E-state index >= 15 is 0 Å². The first-order valence-electron chi connectivity index (χ1n) is 7.15. The van der Waals surface area contributed by atoms with Gasteiger partial charge in [-0.25, -0.2) is 0 Å². The van der Waals surface area contributed by atoms with Crippen LogP contribution in [0.4, 0.5) is 5.69 Å². The lowest BCUT2D eigenvalue weighted by molar-refractivity contribution is 0.233. The molecule has 1 heterocycles. The van der Waals surface area contributed by atoms with Crippen molar-refractivity contribution in [3.05, 3.63) is 65.2 Å². The van der Waals surface area contributed by atoms with E-state index in [4.69, 9.17) is 11.6 Å². The van der Waals surface area contributed by atoms with Crippen LogP contribution in [0.1, 0.15) is 5.56 Å². The van der Waals surface area contributed by atoms with Gasteiger partial charge in [-0.1, -0.05) is 48.0 Å². The number of nitrogens with one attached hydrogen (secondary N) is 1. The third kappa shape index (κ3) is 2.88. The van der Waals surface area contributed by atoms with Crippen LogP contribution in [0, 0.1) is 0 Å². The third-order valence-electron chi connectivity index (χ3n) is 4.12. The van der Waals surface area contributed by atoms with Crippen LogP contribution in [-0.2, 0) is 6.54 Å². The van der Waals surface area contributed by atoms with Crippen molar-refractivity contribution in [1.82, 2.24) is 9.80 Å². The molecule has 3 rings (SSSR count). The average molecular weight is 288 g/mol. The maximum Gasteiger partial charge on any atom is 0.134 e. The minimum absolute atomic E-state index is 0.826. The first-order valence-corrected chi connectivity index (χ1v) is 7.53. The second kappa shape index (κ2) is 5.96. The van der Waals surface area contributed by atoms with E-state index < -0.39 is 0 Å². The van der Waals surface area contributed by atoms with Gasteiger partial charge in [0.05, 0.1) is 13.1 Å². The summed E-state index contributed by atoms with van der Waals surface area (Å²) in [6.45, 7) is 5.35. The monoisotopic (exact) mass is 287 g/mol. The molecule has 1 fully saturated rings. The summed E-state index contributed by atoms with van der Waals surface area (Å²) in [6, 6.07) is 19.1. The smallest absolute Gasteiger partial charge is 0.134 e. The molecule has 1 aliphatic heterocycles. The normalized spacial score (nSPS) is 17.9. The Labute approximate surface area is 125 Å². The summed E-state index contributed by atoms with van der Waals surface area (Å²) in [6.07, 6.45) is 0. The topological polar surface area (TPSA) is 12.0 Å². The fourth-order valence-electron chi connectivity index (χ4n) is 3.03. The highest BCUT2D eigenvalue weighted by molar-refractivity contribution is 6.30. The summed E-state index contributed by atoms with van der Waals surface area (Å²) < 4.78 is 0.984. The third-order valence-corrected chi connectivity index (χ3v) is 4.35. The molecule has 2 nitrogen and oxygen atoms in total. The summed E-state index contributed by atoms with van der Waals surface area (Å²) >= 11 is 6.20. The molecular formula is C17H20ClN2+. The second-order valence-corrected chi connectivity index (χ2v) is 5.90. The highest BCUT2D eigenvalue weighted by Gasteiger charge is 2.32. The Morgan fingerprint density at radius 3 is 2.40 bits per heavy atom. The van der Waals surface area contributed by atoms with Crippen molar-refractivity contribution in [1.29, 1.82) is 0 Å². The van der Waals surface area contributed by atoms with Gasteiger partial charge in [0.25, 0.3) is 0 Å². The molecule has 0 aliphatic carbocycles. The molecule has 1 saturated heterocycles. The van der Waals surface area contributed by atoms with Crippen molar-refractivity contribution in [2.75, 3.05) is 26.2 Å². The van der Waals surface area contributed by atoms with Gasteiger partial charge in [-0.05, 0) is 12.1 Å². The lowest BCUT2D eigenvalue weighted by Crippen LogP contribution is -2.59. The van der Waals surface area contributed by atoms with Gasteiger partial charge in [0, 0.05) is 29.7 Å². The van der Waals surface area contributed by atoms with Crippen LogP contribution < -0.4 is 9.80 Å². The second-order valence-electron chi connectivity index (χ2n) is 5.47. The molecule has 0 atom stereocenters. The minimum Gasteiger partial charge on any atom is -0.306 e. The Hall–Kier alpha value is -1.35. The van der Waals surface area contributed by atoms with E-state index in [9.17, 15) is 0 Å². The number of piperazine rings is 1. The van der Waals surface area contributed by atoms with E-state index in [2.05, 4.69) is 53.8 Å². The number of hydrogen-bond donors (Lipinski definition) is 1. The van der Waals surface area contributed by atoms with Crippen molar-refractivity contribution >= 4 is 17.3 Å². The van der Waals surface area contributed by atoms with Crippen LogP contribution >= 0.6 is 11.6 Å². The molecule has 1 aliphatic rings. The largest absolute Gasteiger partial charge is 0.306 e. The Bertz CT molecular complexity index is 562. The highest BCUT2D eigenvalue weighted by Crippen LogP contribution is 2.29. The Balaban J connectivity index is 1.96. The Morgan fingerprint density at radius 2 is 1.70 bits per heavy atom. The number of benzene rings is 2. The van der Waals surface area contributed by atoms with Crippen LogP contribution in [0.15, 0.2) is 54.6 Å². The maximum atomic E-state index is 6.20. The molecule has 20 heavy (non-hydrogen) atoms. The van der Waals surface area contributed by atoms with Crippen molar-refractivity contribution in [3.63, 3.8) is 0 Å². The number of quaternary nitrogens is 1. The van der Waals surface area contributed by atoms with Gasteiger partial charge >= 0.3 is 0 Å². The van der Waals surface area contributed by atoms with Crippen LogP contribution in [0.2, 0.25) is 5.02 Å². The minimum atomic E-state index is 0.826. The summed E-state index contributed by atoms with van der Waals surface area (Å²) in [4.78, 5) is 0. The van der Waals surface area contributed by atoms with Crippen LogP contribution in [0.5, 0.6) is 0 Å². The molecule has 0 spiro atoms. The predicted molar refractivity (Wildman–Crippen MR) is 86.0 cm³/mol. The summed E-state index contributed by atoms with van der Waals surface area (Å²) in [5.74, 6) is 0. The standard InChI is InChI=1S/C17H20ClN2/c18-16-7-4-8-17(13-16)20(11-9-19-10-12-20)14-15-5-2-1-3-6-15/h1-8,13,19H,9-12,14H2/q+1. The van der Waals surface area contributed by atoms with Gasteiger partial charge < -0.3 is 5.32 Å². The van der Waals surface area contributed by atoms with Crippen molar-refractivity contribution < 1.29 is 0 Å². The molecule has 3 heteroatoms. The summed E-state index contributed by atoms with van der Waals surface area (Å²) in [5.41, 5.74) is 2.71. The van der Waals surface area contributed by atoms with E-state index in [0.717, 1.165) is 42.2 Å². The molecule has 0 radical (unpaired) electrons. The lowest BCUT2D eigenvalue weighted by atomic mass is 10.1. The van der Waals surface area contributed by atoms with Gasteiger partial charge in [0.15, 0.2) is 0 Å². The van der Waals surface area contributed by atoms with E-state index in [-0.39, 0.29) is 0 Å². The molecule has 0 unspecified atom stereocenters. The quantitative estimate of drug-likeness (QED) is 0.853. The lowest BCUT2D eigenvalue weighted by Gasteiger charge is -2.41. The fraction of sp³-hybridized carbons (Fsp3) is 0.294. The van der Waals surface area contributed by atoms with E-state index in [1.165, 1.54) is 11.3 Å². The van der Waals surface area contributed by atoms with Gasteiger partial charge in [-0.15, -0.1) is 0 Å². The molecular weight excluding hydrogens is 268 g/mol. The average Bonchev–Trinajstić information content (AvgIpc) is 2.49. The van der Waals surface area contributed by atoms with Gasteiger partial charge in [0.2, 0.25) is 0 Å². The molecule has 0 amide bonds. The van der Waals surface area contributed by atoms with Crippen molar-refractivity contribution in [2.24, 2.45) is 0 Å². The molecule has 0 saturated carbocycles. The Kier molecular flexibility index (Phi) is 4.06. The zero-order valence-corrected chi connectivity index (χ0v) is 12.3. The van der Waals surface area contributed by atoms with Crippen LogP contribution in [0.3, 0.4) is 0 Å². The zero-order valence-electron chi connectivity index (χ0n) is 11.6. The molecule has 0 aromatic heterocycles. The van der Waals surface area contributed by atoms with E-state index in [0.29, 0.717) is 0 Å². The van der Waals surface area contributed by atoms with Crippen molar-refractivity contribution in [2.45, 2.75) is 6.54 Å². The van der Waals surface area contributed by atoms with Crippen LogP contribution in [-0.4, -0.2) is 26.2 Å². The Morgan fingerprint density at radius 1 is 0.950 bits per heavy atom.